The third-order valence-corrected chi connectivity index (χ3v) is 8.61. The molecule has 0 aromatic rings. The van der Waals surface area contributed by atoms with Gasteiger partial charge in [-0.15, -0.1) is 0 Å². The van der Waals surface area contributed by atoms with Gasteiger partial charge in [-0.3, -0.25) is 0 Å². The van der Waals surface area contributed by atoms with E-state index in [0.717, 1.165) is 43.8 Å². The molecule has 24 heavy (non-hydrogen) atoms. The summed E-state index contributed by atoms with van der Waals surface area (Å²) >= 11 is 0. The highest BCUT2D eigenvalue weighted by atomic mass is 16.7. The Morgan fingerprint density at radius 2 is 1.83 bits per heavy atom. The molecule has 5 atom stereocenters. The van der Waals surface area contributed by atoms with E-state index in [1.165, 1.54) is 32.1 Å². The average molecular weight is 328 g/mol. The first kappa shape index (κ1) is 15.6. The fourth-order valence-electron chi connectivity index (χ4n) is 7.27. The van der Waals surface area contributed by atoms with Crippen LogP contribution in [0.4, 0.5) is 0 Å². The van der Waals surface area contributed by atoms with Gasteiger partial charge in [-0.25, -0.2) is 0 Å². The van der Waals surface area contributed by atoms with E-state index < -0.39 is 0 Å². The van der Waals surface area contributed by atoms with Crippen molar-refractivity contribution in [2.24, 2.45) is 28.6 Å². The summed E-state index contributed by atoms with van der Waals surface area (Å²) < 4.78 is 12.2. The van der Waals surface area contributed by atoms with Gasteiger partial charge in [0.25, 0.3) is 0 Å². The van der Waals surface area contributed by atoms with E-state index in [1.54, 1.807) is 11.1 Å². The van der Waals surface area contributed by atoms with Crippen molar-refractivity contribution in [1.29, 1.82) is 0 Å². The summed E-state index contributed by atoms with van der Waals surface area (Å²) in [6, 6.07) is 0. The van der Waals surface area contributed by atoms with Crippen LogP contribution >= 0.6 is 0 Å². The quantitative estimate of drug-likeness (QED) is 0.566. The second-order valence-electron chi connectivity index (χ2n) is 9.72. The lowest BCUT2D eigenvalue weighted by molar-refractivity contribution is -0.185. The zero-order chi connectivity index (χ0) is 16.6. The summed E-state index contributed by atoms with van der Waals surface area (Å²) in [5.74, 6) is 2.35. The zero-order valence-corrected chi connectivity index (χ0v) is 15.6. The third-order valence-electron chi connectivity index (χ3n) is 8.61. The van der Waals surface area contributed by atoms with E-state index >= 15 is 0 Å². The first-order valence-electron chi connectivity index (χ1n) is 10.1. The number of allylic oxidation sites excluding steroid dienone is 3. The summed E-state index contributed by atoms with van der Waals surface area (Å²) in [4.78, 5) is 0. The molecule has 5 aliphatic rings. The van der Waals surface area contributed by atoms with Crippen molar-refractivity contribution in [3.63, 3.8) is 0 Å². The van der Waals surface area contributed by atoms with Crippen LogP contribution in [0.5, 0.6) is 0 Å². The lowest BCUT2D eigenvalue weighted by atomic mass is 9.47. The molecule has 0 N–H and O–H groups in total. The van der Waals surface area contributed by atoms with Crippen LogP contribution in [0.2, 0.25) is 0 Å². The maximum atomic E-state index is 6.08. The molecule has 0 aromatic carbocycles. The smallest absolute Gasteiger partial charge is 0.172 e. The van der Waals surface area contributed by atoms with E-state index in [4.69, 9.17) is 9.47 Å². The second kappa shape index (κ2) is 4.98. The molecular weight excluding hydrogens is 296 g/mol. The van der Waals surface area contributed by atoms with Crippen LogP contribution < -0.4 is 0 Å². The fourth-order valence-corrected chi connectivity index (χ4v) is 7.27. The lowest BCUT2D eigenvalue weighted by Gasteiger charge is -2.59. The van der Waals surface area contributed by atoms with Crippen LogP contribution in [-0.4, -0.2) is 19.0 Å². The minimum atomic E-state index is -0.277. The summed E-state index contributed by atoms with van der Waals surface area (Å²) in [6.07, 6.45) is 13.8. The molecule has 2 nitrogen and oxygen atoms in total. The molecule has 2 saturated carbocycles. The van der Waals surface area contributed by atoms with Gasteiger partial charge in [0, 0.05) is 12.8 Å². The highest BCUT2D eigenvalue weighted by Gasteiger charge is 2.58. The molecule has 1 spiro atoms. The van der Waals surface area contributed by atoms with Gasteiger partial charge >= 0.3 is 0 Å². The third kappa shape index (κ3) is 1.96. The molecule has 132 valence electrons. The van der Waals surface area contributed by atoms with Crippen molar-refractivity contribution in [1.82, 2.24) is 0 Å². The molecule has 0 aromatic heterocycles. The zero-order valence-electron chi connectivity index (χ0n) is 15.6. The van der Waals surface area contributed by atoms with E-state index in [2.05, 4.69) is 32.9 Å². The molecule has 3 fully saturated rings. The Morgan fingerprint density at radius 3 is 2.62 bits per heavy atom. The van der Waals surface area contributed by atoms with Crippen LogP contribution in [0.1, 0.15) is 65.7 Å². The van der Waals surface area contributed by atoms with Gasteiger partial charge in [-0.1, -0.05) is 37.1 Å². The van der Waals surface area contributed by atoms with Crippen LogP contribution in [0.25, 0.3) is 0 Å². The molecule has 0 radical (unpaired) electrons. The highest BCUT2D eigenvalue weighted by Crippen LogP contribution is 2.65. The Balaban J connectivity index is 1.51. The number of hydrogen-bond acceptors (Lipinski definition) is 2. The van der Waals surface area contributed by atoms with Crippen LogP contribution in [0.3, 0.4) is 0 Å². The fraction of sp³-hybridized carbons (Fsp3) is 0.818. The molecule has 5 unspecified atom stereocenters. The number of fused-ring (bicyclic) bond motifs is 5. The molecule has 0 bridgehead atoms. The van der Waals surface area contributed by atoms with Crippen molar-refractivity contribution in [3.8, 4) is 0 Å². The van der Waals surface area contributed by atoms with Gasteiger partial charge < -0.3 is 9.47 Å². The van der Waals surface area contributed by atoms with Gasteiger partial charge in [0.15, 0.2) is 5.79 Å². The van der Waals surface area contributed by atoms with E-state index in [1.807, 2.05) is 0 Å². The normalized spacial score (nSPS) is 49.2. The Kier molecular flexibility index (Phi) is 3.24. The summed E-state index contributed by atoms with van der Waals surface area (Å²) in [5, 5.41) is 0. The predicted molar refractivity (Wildman–Crippen MR) is 95.5 cm³/mol. The average Bonchev–Trinajstić information content (AvgIpc) is 3.16. The minimum absolute atomic E-state index is 0.277. The highest BCUT2D eigenvalue weighted by molar-refractivity contribution is 5.32. The van der Waals surface area contributed by atoms with Crippen LogP contribution in [0.15, 0.2) is 23.3 Å². The van der Waals surface area contributed by atoms with Crippen LogP contribution in [-0.2, 0) is 9.47 Å². The van der Waals surface area contributed by atoms with Crippen molar-refractivity contribution < 1.29 is 9.47 Å². The molecule has 0 amide bonds. The first-order chi connectivity index (χ1) is 11.5. The molecule has 2 heteroatoms. The van der Waals surface area contributed by atoms with Crippen molar-refractivity contribution in [2.45, 2.75) is 71.5 Å². The van der Waals surface area contributed by atoms with Gasteiger partial charge in [-0.05, 0) is 67.6 Å². The number of rotatable bonds is 0. The summed E-state index contributed by atoms with van der Waals surface area (Å²) in [5.41, 5.74) is 4.22. The monoisotopic (exact) mass is 328 g/mol. The molecule has 1 saturated heterocycles. The van der Waals surface area contributed by atoms with E-state index in [-0.39, 0.29) is 5.79 Å². The minimum Gasteiger partial charge on any atom is -0.347 e. The summed E-state index contributed by atoms with van der Waals surface area (Å²) in [7, 11) is 0. The first-order valence-corrected chi connectivity index (χ1v) is 10.1. The standard InChI is InChI=1S/C22H32O2/c1-15-13-16-17-5-4-7-20(17,2)8-6-18(16)21(3)9-10-22(14-19(15)21)23-11-12-24-22/h4,7,16-18H,5-6,8-14H2,1-3H3. The van der Waals surface area contributed by atoms with Gasteiger partial charge in [0.1, 0.15) is 0 Å². The number of ether oxygens (including phenoxy) is 2. The lowest BCUT2D eigenvalue weighted by Crippen LogP contribution is -2.52. The molecule has 1 heterocycles. The Morgan fingerprint density at radius 1 is 1.04 bits per heavy atom. The topological polar surface area (TPSA) is 18.5 Å². The SMILES string of the molecule is CC1=C2CC3(CCC2(C)C2CCC4(C)C=CCC4C2C1)OCCO3. The van der Waals surface area contributed by atoms with Gasteiger partial charge in [0.2, 0.25) is 0 Å². The molecule has 1 aliphatic heterocycles. The van der Waals surface area contributed by atoms with Crippen molar-refractivity contribution in [2.75, 3.05) is 13.2 Å². The van der Waals surface area contributed by atoms with Gasteiger partial charge in [-0.2, -0.15) is 0 Å². The maximum absolute atomic E-state index is 6.08. The predicted octanol–water partition coefficient (Wildman–Crippen LogP) is 5.25. The Labute approximate surface area is 146 Å². The summed E-state index contributed by atoms with van der Waals surface area (Å²) in [6.45, 7) is 9.06. The Hall–Kier alpha value is -0.600. The van der Waals surface area contributed by atoms with Gasteiger partial charge in [0.05, 0.1) is 13.2 Å². The maximum Gasteiger partial charge on any atom is 0.172 e. The van der Waals surface area contributed by atoms with E-state index in [0.29, 0.717) is 10.8 Å². The van der Waals surface area contributed by atoms with E-state index in [9.17, 15) is 0 Å². The van der Waals surface area contributed by atoms with Crippen LogP contribution in [0, 0.1) is 28.6 Å². The van der Waals surface area contributed by atoms with Crippen molar-refractivity contribution >= 4 is 0 Å². The molecule has 5 rings (SSSR count). The van der Waals surface area contributed by atoms with Crippen molar-refractivity contribution in [3.05, 3.63) is 23.3 Å². The molecule has 4 aliphatic carbocycles. The largest absolute Gasteiger partial charge is 0.347 e. The number of hydrogen-bond donors (Lipinski definition) is 0. The Bertz CT molecular complexity index is 611. The second-order valence-corrected chi connectivity index (χ2v) is 9.72. The molecular formula is C22H32O2.